The first-order valence-electron chi connectivity index (χ1n) is 9.18. The SMILES string of the molecule is CCCCCCOS(=O)(=O)N(C(=O)O)c1c(C(C)C)cccc1C(C)C. The van der Waals surface area contributed by atoms with Gasteiger partial charge >= 0.3 is 16.4 Å². The van der Waals surface area contributed by atoms with Crippen LogP contribution in [0.5, 0.6) is 0 Å². The quantitative estimate of drug-likeness (QED) is 0.555. The minimum atomic E-state index is -4.44. The molecule has 0 aromatic heterocycles. The van der Waals surface area contributed by atoms with Gasteiger partial charge in [-0.05, 0) is 29.4 Å². The van der Waals surface area contributed by atoms with Gasteiger partial charge in [0.2, 0.25) is 0 Å². The van der Waals surface area contributed by atoms with Crippen molar-refractivity contribution in [3.8, 4) is 0 Å². The predicted octanol–water partition coefficient (Wildman–Crippen LogP) is 5.26. The molecule has 0 radical (unpaired) electrons. The molecular formula is C19H31NO5S. The number of amides is 1. The number of carbonyl (C=O) groups is 1. The molecule has 0 saturated carbocycles. The van der Waals surface area contributed by atoms with Crippen LogP contribution in [0, 0.1) is 0 Å². The van der Waals surface area contributed by atoms with Crippen molar-refractivity contribution in [2.45, 2.75) is 72.1 Å². The molecule has 6 nitrogen and oxygen atoms in total. The van der Waals surface area contributed by atoms with Crippen LogP contribution in [-0.4, -0.2) is 26.2 Å². The highest BCUT2D eigenvalue weighted by atomic mass is 32.2. The maximum Gasteiger partial charge on any atom is 0.427 e. The monoisotopic (exact) mass is 385 g/mol. The van der Waals surface area contributed by atoms with Crippen LogP contribution in [0.4, 0.5) is 10.5 Å². The molecule has 0 aliphatic rings. The molecular weight excluding hydrogens is 354 g/mol. The largest absolute Gasteiger partial charge is 0.464 e. The van der Waals surface area contributed by atoms with Crippen molar-refractivity contribution in [1.29, 1.82) is 0 Å². The Hall–Kier alpha value is -1.60. The maximum absolute atomic E-state index is 12.7. The zero-order valence-electron chi connectivity index (χ0n) is 16.4. The first kappa shape index (κ1) is 22.4. The summed E-state index contributed by atoms with van der Waals surface area (Å²) in [7, 11) is -4.44. The van der Waals surface area contributed by atoms with E-state index < -0.39 is 16.4 Å². The highest BCUT2D eigenvalue weighted by Crippen LogP contribution is 2.37. The number of nitrogens with zero attached hydrogens (tertiary/aromatic N) is 1. The van der Waals surface area contributed by atoms with Gasteiger partial charge in [-0.25, -0.2) is 4.79 Å². The Bertz CT molecular complexity index is 672. The molecule has 0 fully saturated rings. The van der Waals surface area contributed by atoms with Crippen molar-refractivity contribution in [3.05, 3.63) is 29.3 Å². The van der Waals surface area contributed by atoms with E-state index in [1.807, 2.05) is 33.8 Å². The van der Waals surface area contributed by atoms with Gasteiger partial charge in [0.25, 0.3) is 0 Å². The number of rotatable bonds is 10. The number of carboxylic acid groups (broad SMARTS) is 1. The Labute approximate surface area is 157 Å². The van der Waals surface area contributed by atoms with Crippen molar-refractivity contribution in [2.75, 3.05) is 10.9 Å². The summed E-state index contributed by atoms with van der Waals surface area (Å²) in [5.41, 5.74) is 1.52. The Kier molecular flexibility index (Phi) is 8.56. The van der Waals surface area contributed by atoms with Gasteiger partial charge in [0.15, 0.2) is 0 Å². The van der Waals surface area contributed by atoms with Crippen LogP contribution in [0.1, 0.15) is 83.3 Å². The second-order valence-corrected chi connectivity index (χ2v) is 8.44. The van der Waals surface area contributed by atoms with Crippen LogP contribution < -0.4 is 4.31 Å². The van der Waals surface area contributed by atoms with Gasteiger partial charge in [-0.3, -0.25) is 4.18 Å². The Morgan fingerprint density at radius 3 is 2.04 bits per heavy atom. The second-order valence-electron chi connectivity index (χ2n) is 6.98. The maximum atomic E-state index is 12.7. The third-order valence-electron chi connectivity index (χ3n) is 4.17. The van der Waals surface area contributed by atoms with Gasteiger partial charge in [-0.1, -0.05) is 72.1 Å². The number of anilines is 1. The van der Waals surface area contributed by atoms with Crippen LogP contribution in [0.2, 0.25) is 0 Å². The number of hydrogen-bond acceptors (Lipinski definition) is 4. The van der Waals surface area contributed by atoms with Crippen molar-refractivity contribution < 1.29 is 22.5 Å². The lowest BCUT2D eigenvalue weighted by Crippen LogP contribution is -2.38. The summed E-state index contributed by atoms with van der Waals surface area (Å²) < 4.78 is 30.8. The van der Waals surface area contributed by atoms with Gasteiger partial charge in [-0.15, -0.1) is 4.31 Å². The van der Waals surface area contributed by atoms with Gasteiger partial charge in [0.1, 0.15) is 0 Å². The van der Waals surface area contributed by atoms with Crippen molar-refractivity contribution >= 4 is 22.1 Å². The summed E-state index contributed by atoms with van der Waals surface area (Å²) in [6.45, 7) is 9.65. The van der Waals surface area contributed by atoms with Gasteiger partial charge < -0.3 is 5.11 Å². The second kappa shape index (κ2) is 9.92. The molecule has 7 heteroatoms. The summed E-state index contributed by atoms with van der Waals surface area (Å²) in [6, 6.07) is 5.35. The zero-order valence-corrected chi connectivity index (χ0v) is 17.2. The van der Waals surface area contributed by atoms with E-state index in [0.717, 1.165) is 19.3 Å². The molecule has 0 atom stereocenters. The number of unbranched alkanes of at least 4 members (excludes halogenated alkanes) is 3. The molecule has 148 valence electrons. The summed E-state index contributed by atoms with van der Waals surface area (Å²) in [5.74, 6) is -0.0735. The third-order valence-corrected chi connectivity index (χ3v) is 5.42. The normalized spacial score (nSPS) is 12.0. The smallest absolute Gasteiger partial charge is 0.427 e. The van der Waals surface area contributed by atoms with Crippen LogP contribution in [-0.2, 0) is 14.5 Å². The fourth-order valence-electron chi connectivity index (χ4n) is 2.80. The summed E-state index contributed by atoms with van der Waals surface area (Å²) in [4.78, 5) is 11.9. The molecule has 0 saturated heterocycles. The molecule has 1 rings (SSSR count). The average Bonchev–Trinajstić information content (AvgIpc) is 2.53. The first-order chi connectivity index (χ1) is 12.1. The first-order valence-corrected chi connectivity index (χ1v) is 10.5. The molecule has 1 aromatic carbocycles. The van der Waals surface area contributed by atoms with E-state index in [4.69, 9.17) is 4.18 Å². The van der Waals surface area contributed by atoms with Crippen LogP contribution >= 0.6 is 0 Å². The van der Waals surface area contributed by atoms with Crippen molar-refractivity contribution in [1.82, 2.24) is 0 Å². The van der Waals surface area contributed by atoms with Gasteiger partial charge in [0, 0.05) is 0 Å². The molecule has 0 aliphatic heterocycles. The zero-order chi connectivity index (χ0) is 19.9. The standard InChI is InChI=1S/C19H31NO5S/c1-6-7-8-9-13-25-26(23,24)20(19(21)22)18-16(14(2)3)11-10-12-17(18)15(4)5/h10-12,14-15H,6-9,13H2,1-5H3,(H,21,22). The fourth-order valence-corrected chi connectivity index (χ4v) is 3.85. The lowest BCUT2D eigenvalue weighted by Gasteiger charge is -2.26. The number of hydrogen-bond donors (Lipinski definition) is 1. The van der Waals surface area contributed by atoms with Crippen molar-refractivity contribution in [3.63, 3.8) is 0 Å². The Morgan fingerprint density at radius 1 is 1.08 bits per heavy atom. The van der Waals surface area contributed by atoms with E-state index in [2.05, 4.69) is 6.92 Å². The van der Waals surface area contributed by atoms with E-state index in [0.29, 0.717) is 21.9 Å². The van der Waals surface area contributed by atoms with E-state index in [9.17, 15) is 18.3 Å². The lowest BCUT2D eigenvalue weighted by atomic mass is 9.93. The fraction of sp³-hybridized carbons (Fsp3) is 0.632. The highest BCUT2D eigenvalue weighted by Gasteiger charge is 2.34. The summed E-state index contributed by atoms with van der Waals surface area (Å²) in [6.07, 6.45) is 1.86. The van der Waals surface area contributed by atoms with Crippen LogP contribution in [0.15, 0.2) is 18.2 Å². The molecule has 0 spiro atoms. The predicted molar refractivity (Wildman–Crippen MR) is 104 cm³/mol. The van der Waals surface area contributed by atoms with Crippen molar-refractivity contribution in [2.24, 2.45) is 0 Å². The Morgan fingerprint density at radius 2 is 1.62 bits per heavy atom. The highest BCUT2D eigenvalue weighted by molar-refractivity contribution is 7.89. The van der Waals surface area contributed by atoms with E-state index in [-0.39, 0.29) is 24.1 Å². The molecule has 0 unspecified atom stereocenters. The van der Waals surface area contributed by atoms with E-state index >= 15 is 0 Å². The summed E-state index contributed by atoms with van der Waals surface area (Å²) >= 11 is 0. The Balaban J connectivity index is 3.31. The van der Waals surface area contributed by atoms with E-state index in [1.165, 1.54) is 0 Å². The molecule has 26 heavy (non-hydrogen) atoms. The molecule has 1 N–H and O–H groups in total. The molecule has 0 bridgehead atoms. The van der Waals surface area contributed by atoms with Crippen LogP contribution in [0.25, 0.3) is 0 Å². The van der Waals surface area contributed by atoms with Gasteiger partial charge in [0.05, 0.1) is 12.3 Å². The number of para-hydroxylation sites is 1. The molecule has 1 amide bonds. The summed E-state index contributed by atoms with van der Waals surface area (Å²) in [5, 5.41) is 9.68. The minimum Gasteiger partial charge on any atom is -0.464 e. The number of benzene rings is 1. The topological polar surface area (TPSA) is 83.9 Å². The van der Waals surface area contributed by atoms with Gasteiger partial charge in [-0.2, -0.15) is 8.42 Å². The molecule has 0 aliphatic carbocycles. The third kappa shape index (κ3) is 5.71. The molecule has 1 aromatic rings. The lowest BCUT2D eigenvalue weighted by molar-refractivity contribution is 0.204. The van der Waals surface area contributed by atoms with E-state index in [1.54, 1.807) is 12.1 Å². The average molecular weight is 386 g/mol. The minimum absolute atomic E-state index is 0.0209. The van der Waals surface area contributed by atoms with Crippen LogP contribution in [0.3, 0.4) is 0 Å². The molecule has 0 heterocycles.